The minimum absolute atomic E-state index is 0.223. The third-order valence-electron chi connectivity index (χ3n) is 3.64. The van der Waals surface area contributed by atoms with Crippen LogP contribution >= 0.6 is 0 Å². The SMILES string of the molecule is Fc1ccc(-c2n[nH]c3c2Cc2ccccc2-3)cc1. The molecule has 2 nitrogen and oxygen atoms in total. The average molecular weight is 250 g/mol. The summed E-state index contributed by atoms with van der Waals surface area (Å²) in [6, 6.07) is 14.8. The van der Waals surface area contributed by atoms with Gasteiger partial charge < -0.3 is 0 Å². The zero-order chi connectivity index (χ0) is 12.8. The van der Waals surface area contributed by atoms with E-state index in [9.17, 15) is 4.39 Å². The highest BCUT2D eigenvalue weighted by atomic mass is 19.1. The third-order valence-corrected chi connectivity index (χ3v) is 3.64. The fraction of sp³-hybridized carbons (Fsp3) is 0.0625. The van der Waals surface area contributed by atoms with Gasteiger partial charge in [0.25, 0.3) is 0 Å². The molecule has 3 aromatic rings. The monoisotopic (exact) mass is 250 g/mol. The maximum atomic E-state index is 13.0. The molecule has 0 unspecified atom stereocenters. The molecule has 1 N–H and O–H groups in total. The number of rotatable bonds is 1. The molecule has 92 valence electrons. The number of halogens is 1. The number of H-pyrrole nitrogens is 1. The molecule has 1 heterocycles. The van der Waals surface area contributed by atoms with Crippen LogP contribution in [0.3, 0.4) is 0 Å². The maximum absolute atomic E-state index is 13.0. The number of aromatic nitrogens is 2. The minimum atomic E-state index is -0.223. The molecule has 0 saturated carbocycles. The lowest BCUT2D eigenvalue weighted by Gasteiger charge is -2.00. The van der Waals surface area contributed by atoms with Gasteiger partial charge in [-0.05, 0) is 29.8 Å². The van der Waals surface area contributed by atoms with Gasteiger partial charge in [0, 0.05) is 23.1 Å². The van der Waals surface area contributed by atoms with Crippen LogP contribution in [0, 0.1) is 5.82 Å². The molecule has 0 radical (unpaired) electrons. The van der Waals surface area contributed by atoms with Gasteiger partial charge in [-0.3, -0.25) is 5.10 Å². The number of fused-ring (bicyclic) bond motifs is 3. The van der Waals surface area contributed by atoms with Crippen molar-refractivity contribution >= 4 is 0 Å². The summed E-state index contributed by atoms with van der Waals surface area (Å²) < 4.78 is 13.0. The molecule has 0 amide bonds. The molecule has 1 aliphatic rings. The Balaban J connectivity index is 1.87. The molecular weight excluding hydrogens is 239 g/mol. The smallest absolute Gasteiger partial charge is 0.123 e. The van der Waals surface area contributed by atoms with Gasteiger partial charge in [-0.1, -0.05) is 24.3 Å². The normalized spacial score (nSPS) is 12.3. The fourth-order valence-corrected chi connectivity index (χ4v) is 2.72. The highest BCUT2D eigenvalue weighted by molar-refractivity contribution is 5.80. The van der Waals surface area contributed by atoms with Gasteiger partial charge in [0.1, 0.15) is 5.82 Å². The molecule has 0 fully saturated rings. The number of aromatic amines is 1. The zero-order valence-electron chi connectivity index (χ0n) is 10.2. The highest BCUT2D eigenvalue weighted by Gasteiger charge is 2.24. The van der Waals surface area contributed by atoms with Gasteiger partial charge in [0.15, 0.2) is 0 Å². The molecule has 1 aromatic heterocycles. The summed E-state index contributed by atoms with van der Waals surface area (Å²) in [6.07, 6.45) is 0.884. The summed E-state index contributed by atoms with van der Waals surface area (Å²) in [7, 11) is 0. The van der Waals surface area contributed by atoms with E-state index in [1.807, 2.05) is 6.07 Å². The zero-order valence-corrected chi connectivity index (χ0v) is 10.2. The Kier molecular flexibility index (Phi) is 2.09. The largest absolute Gasteiger partial charge is 0.277 e. The number of hydrogen-bond acceptors (Lipinski definition) is 1. The first-order valence-corrected chi connectivity index (χ1v) is 6.24. The van der Waals surface area contributed by atoms with Crippen molar-refractivity contribution in [3.63, 3.8) is 0 Å². The Bertz CT molecular complexity index is 757. The first-order valence-electron chi connectivity index (χ1n) is 6.24. The minimum Gasteiger partial charge on any atom is -0.277 e. The molecule has 0 aliphatic heterocycles. The average Bonchev–Trinajstić information content (AvgIpc) is 2.98. The summed E-state index contributed by atoms with van der Waals surface area (Å²) in [5.41, 5.74) is 6.70. The topological polar surface area (TPSA) is 28.7 Å². The Morgan fingerprint density at radius 3 is 2.63 bits per heavy atom. The van der Waals surface area contributed by atoms with Crippen LogP contribution in [0.15, 0.2) is 48.5 Å². The van der Waals surface area contributed by atoms with Crippen LogP contribution < -0.4 is 0 Å². The van der Waals surface area contributed by atoms with E-state index in [4.69, 9.17) is 0 Å². The van der Waals surface area contributed by atoms with Gasteiger partial charge in [-0.25, -0.2) is 4.39 Å². The lowest BCUT2D eigenvalue weighted by molar-refractivity contribution is 0.628. The lowest BCUT2D eigenvalue weighted by atomic mass is 10.1. The van der Waals surface area contributed by atoms with E-state index in [0.29, 0.717) is 0 Å². The second-order valence-electron chi connectivity index (χ2n) is 4.77. The molecule has 0 spiro atoms. The van der Waals surface area contributed by atoms with E-state index in [1.165, 1.54) is 28.8 Å². The van der Waals surface area contributed by atoms with Crippen LogP contribution in [-0.4, -0.2) is 10.2 Å². The standard InChI is InChI=1S/C16H11FN2/c17-12-7-5-10(6-8-12)15-14-9-11-3-1-2-4-13(11)16(14)19-18-15/h1-8H,9H2,(H,18,19). The van der Waals surface area contributed by atoms with Crippen LogP contribution in [0.25, 0.3) is 22.5 Å². The van der Waals surface area contributed by atoms with Crippen molar-refractivity contribution < 1.29 is 4.39 Å². The first-order chi connectivity index (χ1) is 9.33. The van der Waals surface area contributed by atoms with Gasteiger partial charge in [-0.15, -0.1) is 0 Å². The van der Waals surface area contributed by atoms with E-state index < -0.39 is 0 Å². The summed E-state index contributed by atoms with van der Waals surface area (Å²) in [5.74, 6) is -0.223. The predicted molar refractivity (Wildman–Crippen MR) is 72.2 cm³/mol. The van der Waals surface area contributed by atoms with Gasteiger partial charge in [0.05, 0.1) is 11.4 Å². The molecule has 0 saturated heterocycles. The van der Waals surface area contributed by atoms with Crippen LogP contribution in [0.4, 0.5) is 4.39 Å². The van der Waals surface area contributed by atoms with Gasteiger partial charge in [-0.2, -0.15) is 5.10 Å². The van der Waals surface area contributed by atoms with Crippen LogP contribution in [0.1, 0.15) is 11.1 Å². The van der Waals surface area contributed by atoms with Crippen molar-refractivity contribution in [2.24, 2.45) is 0 Å². The fourth-order valence-electron chi connectivity index (χ4n) is 2.72. The second kappa shape index (κ2) is 3.79. The molecule has 4 rings (SSSR count). The Labute approximate surface area is 109 Å². The Morgan fingerprint density at radius 2 is 1.79 bits per heavy atom. The number of hydrogen-bond donors (Lipinski definition) is 1. The number of nitrogens with one attached hydrogen (secondary N) is 1. The summed E-state index contributed by atoms with van der Waals surface area (Å²) >= 11 is 0. The van der Waals surface area contributed by atoms with E-state index in [2.05, 4.69) is 28.4 Å². The van der Waals surface area contributed by atoms with E-state index in [-0.39, 0.29) is 5.82 Å². The quantitative estimate of drug-likeness (QED) is 0.547. The van der Waals surface area contributed by atoms with Crippen molar-refractivity contribution in [3.05, 3.63) is 65.5 Å². The molecule has 19 heavy (non-hydrogen) atoms. The van der Waals surface area contributed by atoms with Crippen molar-refractivity contribution in [1.29, 1.82) is 0 Å². The molecular formula is C16H11FN2. The van der Waals surface area contributed by atoms with Crippen molar-refractivity contribution in [2.75, 3.05) is 0 Å². The Hall–Kier alpha value is -2.42. The van der Waals surface area contributed by atoms with Crippen molar-refractivity contribution in [3.8, 4) is 22.5 Å². The van der Waals surface area contributed by atoms with Crippen LogP contribution in [0.5, 0.6) is 0 Å². The van der Waals surface area contributed by atoms with Crippen molar-refractivity contribution in [2.45, 2.75) is 6.42 Å². The van der Waals surface area contributed by atoms with Gasteiger partial charge >= 0.3 is 0 Å². The summed E-state index contributed by atoms with van der Waals surface area (Å²) in [4.78, 5) is 0. The second-order valence-corrected chi connectivity index (χ2v) is 4.77. The third kappa shape index (κ3) is 1.51. The van der Waals surface area contributed by atoms with Gasteiger partial charge in [0.2, 0.25) is 0 Å². The highest BCUT2D eigenvalue weighted by Crippen LogP contribution is 2.39. The van der Waals surface area contributed by atoms with E-state index in [0.717, 1.165) is 23.4 Å². The van der Waals surface area contributed by atoms with Crippen LogP contribution in [-0.2, 0) is 6.42 Å². The molecule has 3 heteroatoms. The molecule has 1 aliphatic carbocycles. The first kappa shape index (κ1) is 10.5. The number of nitrogens with zero attached hydrogens (tertiary/aromatic N) is 1. The van der Waals surface area contributed by atoms with E-state index in [1.54, 1.807) is 12.1 Å². The van der Waals surface area contributed by atoms with Crippen molar-refractivity contribution in [1.82, 2.24) is 10.2 Å². The molecule has 0 bridgehead atoms. The Morgan fingerprint density at radius 1 is 1.00 bits per heavy atom. The maximum Gasteiger partial charge on any atom is 0.123 e. The lowest BCUT2D eigenvalue weighted by Crippen LogP contribution is -1.86. The van der Waals surface area contributed by atoms with Crippen LogP contribution in [0.2, 0.25) is 0 Å². The molecule has 0 atom stereocenters. The van der Waals surface area contributed by atoms with E-state index >= 15 is 0 Å². The molecule has 2 aromatic carbocycles. The predicted octanol–water partition coefficient (Wildman–Crippen LogP) is 3.79. The number of benzene rings is 2. The summed E-state index contributed by atoms with van der Waals surface area (Å²) in [5, 5.41) is 7.50. The summed E-state index contributed by atoms with van der Waals surface area (Å²) in [6.45, 7) is 0.